The van der Waals surface area contributed by atoms with Crippen LogP contribution in [0.2, 0.25) is 0 Å². The van der Waals surface area contributed by atoms with Gasteiger partial charge in [0.15, 0.2) is 0 Å². The molecule has 1 aliphatic rings. The van der Waals surface area contributed by atoms with Crippen LogP contribution in [0.4, 0.5) is 0 Å². The molecule has 0 spiro atoms. The molecule has 0 radical (unpaired) electrons. The summed E-state index contributed by atoms with van der Waals surface area (Å²) in [6.45, 7) is 1.97. The average molecular weight is 150 g/mol. The van der Waals surface area contributed by atoms with Gasteiger partial charge in [0, 0.05) is 17.9 Å². The van der Waals surface area contributed by atoms with Crippen LogP contribution in [0.1, 0.15) is 17.8 Å². The van der Waals surface area contributed by atoms with Crippen molar-refractivity contribution in [1.82, 2.24) is 4.57 Å². The highest BCUT2D eigenvalue weighted by Crippen LogP contribution is 2.18. The Morgan fingerprint density at radius 2 is 2.36 bits per heavy atom. The van der Waals surface area contributed by atoms with Gasteiger partial charge in [0.2, 0.25) is 0 Å². The van der Waals surface area contributed by atoms with Crippen LogP contribution >= 0.6 is 0 Å². The topological polar surface area (TPSA) is 30.9 Å². The quantitative estimate of drug-likeness (QED) is 0.668. The lowest BCUT2D eigenvalue weighted by Gasteiger charge is -2.03. The lowest BCUT2D eigenvalue weighted by atomic mass is 10.3. The summed E-state index contributed by atoms with van der Waals surface area (Å²) in [5, 5.41) is 0. The molecule has 0 bridgehead atoms. The predicted octanol–water partition coefficient (Wildman–Crippen LogP) is 0.935. The fourth-order valence-corrected chi connectivity index (χ4v) is 1.85. The Kier molecular flexibility index (Phi) is 1.70. The van der Waals surface area contributed by atoms with Gasteiger partial charge >= 0.3 is 0 Å². The van der Waals surface area contributed by atoms with E-state index < -0.39 is 0 Å². The van der Waals surface area contributed by atoms with Gasteiger partial charge in [0.1, 0.15) is 0 Å². The molecule has 60 valence electrons. The molecule has 2 nitrogen and oxygen atoms in total. The molecule has 1 aromatic heterocycles. The SMILES string of the molecule is NCCc1ccc2n1CCC2. The molecular weight excluding hydrogens is 136 g/mol. The van der Waals surface area contributed by atoms with Crippen molar-refractivity contribution in [3.63, 3.8) is 0 Å². The second-order valence-electron chi connectivity index (χ2n) is 3.11. The highest BCUT2D eigenvalue weighted by molar-refractivity contribution is 5.19. The molecule has 0 aromatic carbocycles. The summed E-state index contributed by atoms with van der Waals surface area (Å²) >= 11 is 0. The van der Waals surface area contributed by atoms with E-state index in [0.29, 0.717) is 0 Å². The third-order valence-electron chi connectivity index (χ3n) is 2.38. The van der Waals surface area contributed by atoms with Gasteiger partial charge in [-0.3, -0.25) is 0 Å². The number of hydrogen-bond acceptors (Lipinski definition) is 1. The van der Waals surface area contributed by atoms with Crippen molar-refractivity contribution in [2.75, 3.05) is 6.54 Å². The van der Waals surface area contributed by atoms with E-state index in [1.807, 2.05) is 0 Å². The molecule has 0 fully saturated rings. The van der Waals surface area contributed by atoms with Gasteiger partial charge in [-0.15, -0.1) is 0 Å². The average Bonchev–Trinajstić information content (AvgIpc) is 2.53. The van der Waals surface area contributed by atoms with E-state index in [-0.39, 0.29) is 0 Å². The second kappa shape index (κ2) is 2.70. The molecule has 1 aromatic rings. The molecule has 1 aliphatic heterocycles. The van der Waals surface area contributed by atoms with E-state index in [0.717, 1.165) is 13.0 Å². The van der Waals surface area contributed by atoms with Crippen molar-refractivity contribution in [3.8, 4) is 0 Å². The molecule has 0 atom stereocenters. The molecule has 0 saturated heterocycles. The minimum Gasteiger partial charge on any atom is -0.349 e. The van der Waals surface area contributed by atoms with Crippen LogP contribution in [0.5, 0.6) is 0 Å². The van der Waals surface area contributed by atoms with Crippen LogP contribution in [0.15, 0.2) is 12.1 Å². The summed E-state index contributed by atoms with van der Waals surface area (Å²) in [4.78, 5) is 0. The summed E-state index contributed by atoms with van der Waals surface area (Å²) in [6, 6.07) is 4.44. The van der Waals surface area contributed by atoms with Crippen LogP contribution < -0.4 is 5.73 Å². The number of nitrogens with zero attached hydrogens (tertiary/aromatic N) is 1. The van der Waals surface area contributed by atoms with Gasteiger partial charge in [-0.25, -0.2) is 0 Å². The minimum absolute atomic E-state index is 0.767. The highest BCUT2D eigenvalue weighted by Gasteiger charge is 2.12. The van der Waals surface area contributed by atoms with E-state index in [1.165, 1.54) is 30.8 Å². The van der Waals surface area contributed by atoms with Crippen molar-refractivity contribution >= 4 is 0 Å². The Morgan fingerprint density at radius 3 is 3.18 bits per heavy atom. The molecule has 2 rings (SSSR count). The molecule has 0 aliphatic carbocycles. The smallest absolute Gasteiger partial charge is 0.0228 e. The molecule has 11 heavy (non-hydrogen) atoms. The number of rotatable bonds is 2. The second-order valence-corrected chi connectivity index (χ2v) is 3.11. The summed E-state index contributed by atoms with van der Waals surface area (Å²) in [6.07, 6.45) is 3.60. The third kappa shape index (κ3) is 1.07. The standard InChI is InChI=1S/C9H14N2/c10-6-5-9-4-3-8-2-1-7-11(8)9/h3-4H,1-2,5-7,10H2. The molecule has 2 heterocycles. The van der Waals surface area contributed by atoms with Crippen molar-refractivity contribution in [2.45, 2.75) is 25.8 Å². The summed E-state index contributed by atoms with van der Waals surface area (Å²) < 4.78 is 2.41. The number of hydrogen-bond donors (Lipinski definition) is 1. The number of aromatic nitrogens is 1. The van der Waals surface area contributed by atoms with E-state index in [4.69, 9.17) is 5.73 Å². The maximum Gasteiger partial charge on any atom is 0.0228 e. The van der Waals surface area contributed by atoms with Crippen molar-refractivity contribution < 1.29 is 0 Å². The lowest BCUT2D eigenvalue weighted by molar-refractivity contribution is 0.702. The molecule has 0 unspecified atom stereocenters. The lowest BCUT2D eigenvalue weighted by Crippen LogP contribution is -2.07. The van der Waals surface area contributed by atoms with Crippen LogP contribution in [-0.4, -0.2) is 11.1 Å². The number of fused-ring (bicyclic) bond motifs is 1. The van der Waals surface area contributed by atoms with Gasteiger partial charge in [-0.1, -0.05) is 0 Å². The molecule has 2 heteroatoms. The van der Waals surface area contributed by atoms with Crippen LogP contribution in [0.3, 0.4) is 0 Å². The van der Waals surface area contributed by atoms with E-state index in [9.17, 15) is 0 Å². The minimum atomic E-state index is 0.767. The number of nitrogens with two attached hydrogens (primary N) is 1. The molecule has 0 amide bonds. The normalized spacial score (nSPS) is 15.4. The molecule has 2 N–H and O–H groups in total. The Morgan fingerprint density at radius 1 is 1.45 bits per heavy atom. The summed E-state index contributed by atoms with van der Waals surface area (Å²) in [5.41, 5.74) is 8.41. The first kappa shape index (κ1) is 6.92. The van der Waals surface area contributed by atoms with Crippen molar-refractivity contribution in [2.24, 2.45) is 5.73 Å². The van der Waals surface area contributed by atoms with Crippen molar-refractivity contribution in [1.29, 1.82) is 0 Å². The summed E-state index contributed by atoms with van der Waals surface area (Å²) in [7, 11) is 0. The highest BCUT2D eigenvalue weighted by atomic mass is 15.0. The van der Waals surface area contributed by atoms with Gasteiger partial charge in [0.25, 0.3) is 0 Å². The first-order valence-corrected chi connectivity index (χ1v) is 4.29. The van der Waals surface area contributed by atoms with Gasteiger partial charge in [0.05, 0.1) is 0 Å². The van der Waals surface area contributed by atoms with E-state index in [1.54, 1.807) is 0 Å². The Bertz CT molecular complexity index is 250. The summed E-state index contributed by atoms with van der Waals surface area (Å²) in [5.74, 6) is 0. The van der Waals surface area contributed by atoms with E-state index >= 15 is 0 Å². The maximum atomic E-state index is 5.50. The fraction of sp³-hybridized carbons (Fsp3) is 0.556. The molecular formula is C9H14N2. The van der Waals surface area contributed by atoms with Crippen LogP contribution in [-0.2, 0) is 19.4 Å². The fourth-order valence-electron chi connectivity index (χ4n) is 1.85. The number of aryl methyl sites for hydroxylation is 1. The van der Waals surface area contributed by atoms with Gasteiger partial charge in [-0.2, -0.15) is 0 Å². The third-order valence-corrected chi connectivity index (χ3v) is 2.38. The van der Waals surface area contributed by atoms with Crippen LogP contribution in [0, 0.1) is 0 Å². The zero-order valence-electron chi connectivity index (χ0n) is 6.71. The van der Waals surface area contributed by atoms with Crippen molar-refractivity contribution in [3.05, 3.63) is 23.5 Å². The molecule has 0 saturated carbocycles. The van der Waals surface area contributed by atoms with E-state index in [2.05, 4.69) is 16.7 Å². The first-order valence-electron chi connectivity index (χ1n) is 4.29. The first-order chi connectivity index (χ1) is 5.42. The Hall–Kier alpha value is -0.760. The van der Waals surface area contributed by atoms with Gasteiger partial charge in [-0.05, 0) is 37.9 Å². The predicted molar refractivity (Wildman–Crippen MR) is 45.5 cm³/mol. The Labute approximate surface area is 67.0 Å². The Balaban J connectivity index is 2.27. The van der Waals surface area contributed by atoms with Crippen LogP contribution in [0.25, 0.3) is 0 Å². The van der Waals surface area contributed by atoms with Gasteiger partial charge < -0.3 is 10.3 Å². The maximum absolute atomic E-state index is 5.50. The zero-order valence-corrected chi connectivity index (χ0v) is 6.71. The zero-order chi connectivity index (χ0) is 7.68. The largest absolute Gasteiger partial charge is 0.349 e. The monoisotopic (exact) mass is 150 g/mol.